The van der Waals surface area contributed by atoms with Crippen molar-refractivity contribution in [1.29, 1.82) is 0 Å². The maximum absolute atomic E-state index is 13.2. The standard InChI is InChI=1S/C24H31N7O4S/c32-24(29-10-6-17(7-11-29)14-22-26-25-16-30(22)15-18-4-5-18)19-8-12-31(13-9-19)36(33,34)21-3-1-2-20-23(21)28-35-27-20/h1-3,16-19H,4-15H2. The Balaban J connectivity index is 1.01. The van der Waals surface area contributed by atoms with E-state index in [2.05, 4.69) is 25.1 Å². The summed E-state index contributed by atoms with van der Waals surface area (Å²) in [7, 11) is -3.74. The number of likely N-dealkylation sites (tertiary alicyclic amines) is 1. The minimum Gasteiger partial charge on any atom is -0.342 e. The molecule has 0 unspecified atom stereocenters. The zero-order chi connectivity index (χ0) is 24.7. The van der Waals surface area contributed by atoms with Crippen molar-refractivity contribution in [3.63, 3.8) is 0 Å². The van der Waals surface area contributed by atoms with Crippen LogP contribution in [-0.4, -0.2) is 74.8 Å². The number of amides is 1. The fraction of sp³-hybridized carbons (Fsp3) is 0.625. The summed E-state index contributed by atoms with van der Waals surface area (Å²) in [5, 5.41) is 16.0. The van der Waals surface area contributed by atoms with Crippen molar-refractivity contribution in [3.8, 4) is 0 Å². The normalized spacial score (nSPS) is 20.8. The summed E-state index contributed by atoms with van der Waals surface area (Å²) in [6.45, 7) is 3.15. The van der Waals surface area contributed by atoms with E-state index in [0.717, 1.165) is 50.6 Å². The van der Waals surface area contributed by atoms with E-state index in [0.29, 0.717) is 37.4 Å². The van der Waals surface area contributed by atoms with Crippen LogP contribution in [0, 0.1) is 17.8 Å². The lowest BCUT2D eigenvalue weighted by Crippen LogP contribution is -2.46. The molecule has 36 heavy (non-hydrogen) atoms. The molecule has 3 aromatic rings. The van der Waals surface area contributed by atoms with Gasteiger partial charge in [-0.15, -0.1) is 10.2 Å². The number of piperidine rings is 2. The van der Waals surface area contributed by atoms with Crippen molar-refractivity contribution in [1.82, 2.24) is 34.3 Å². The molecule has 12 heteroatoms. The van der Waals surface area contributed by atoms with Crippen molar-refractivity contribution in [2.75, 3.05) is 26.2 Å². The Kier molecular flexibility index (Phi) is 6.24. The third-order valence-electron chi connectivity index (χ3n) is 7.91. The molecule has 1 saturated carbocycles. The van der Waals surface area contributed by atoms with Crippen molar-refractivity contribution < 1.29 is 17.8 Å². The summed E-state index contributed by atoms with van der Waals surface area (Å²) in [6, 6.07) is 4.83. The molecule has 11 nitrogen and oxygen atoms in total. The lowest BCUT2D eigenvalue weighted by molar-refractivity contribution is -0.138. The number of carbonyl (C=O) groups excluding carboxylic acids is 1. The third-order valence-corrected chi connectivity index (χ3v) is 9.85. The van der Waals surface area contributed by atoms with Gasteiger partial charge in [0.05, 0.1) is 0 Å². The number of hydrogen-bond donors (Lipinski definition) is 0. The molecule has 0 N–H and O–H groups in total. The van der Waals surface area contributed by atoms with Crippen LogP contribution < -0.4 is 0 Å². The lowest BCUT2D eigenvalue weighted by atomic mass is 9.90. The van der Waals surface area contributed by atoms with Crippen LogP contribution in [0.3, 0.4) is 0 Å². The first-order valence-corrected chi connectivity index (χ1v) is 14.3. The zero-order valence-corrected chi connectivity index (χ0v) is 21.0. The van der Waals surface area contributed by atoms with Gasteiger partial charge >= 0.3 is 0 Å². The number of fused-ring (bicyclic) bond motifs is 1. The Labute approximate surface area is 209 Å². The van der Waals surface area contributed by atoms with Gasteiger partial charge in [-0.25, -0.2) is 13.0 Å². The summed E-state index contributed by atoms with van der Waals surface area (Å²) in [5.74, 6) is 2.38. The fourth-order valence-electron chi connectivity index (χ4n) is 5.51. The van der Waals surface area contributed by atoms with Gasteiger partial charge in [-0.2, -0.15) is 4.31 Å². The second-order valence-corrected chi connectivity index (χ2v) is 12.3. The molecule has 0 radical (unpaired) electrons. The van der Waals surface area contributed by atoms with E-state index in [-0.39, 0.29) is 22.2 Å². The van der Waals surface area contributed by atoms with Crippen molar-refractivity contribution >= 4 is 27.0 Å². The highest BCUT2D eigenvalue weighted by molar-refractivity contribution is 7.89. The summed E-state index contributed by atoms with van der Waals surface area (Å²) < 4.78 is 34.9. The molecule has 3 fully saturated rings. The molecule has 192 valence electrons. The highest BCUT2D eigenvalue weighted by Gasteiger charge is 2.36. The number of hydrogen-bond acceptors (Lipinski definition) is 8. The highest BCUT2D eigenvalue weighted by Crippen LogP contribution is 2.32. The molecular formula is C24H31N7O4S. The maximum atomic E-state index is 13.2. The second kappa shape index (κ2) is 9.55. The molecular weight excluding hydrogens is 482 g/mol. The highest BCUT2D eigenvalue weighted by atomic mass is 32.2. The summed E-state index contributed by atoms with van der Waals surface area (Å²) in [4.78, 5) is 15.3. The number of carbonyl (C=O) groups is 1. The van der Waals surface area contributed by atoms with Crippen molar-refractivity contribution in [2.45, 2.75) is 56.4 Å². The quantitative estimate of drug-likeness (QED) is 0.470. The molecule has 0 atom stereocenters. The van der Waals surface area contributed by atoms with Crippen LogP contribution in [-0.2, 0) is 27.8 Å². The van der Waals surface area contributed by atoms with E-state index >= 15 is 0 Å². The van der Waals surface area contributed by atoms with Gasteiger partial charge in [0.25, 0.3) is 0 Å². The van der Waals surface area contributed by atoms with Crippen LogP contribution in [0.1, 0.15) is 44.3 Å². The average Bonchev–Trinajstić information content (AvgIpc) is 3.40. The Morgan fingerprint density at radius 2 is 1.75 bits per heavy atom. The van der Waals surface area contributed by atoms with Crippen LogP contribution in [0.15, 0.2) is 34.1 Å². The third kappa shape index (κ3) is 4.63. The molecule has 2 aliphatic heterocycles. The number of rotatable bonds is 7. The topological polar surface area (TPSA) is 127 Å². The molecule has 1 amide bonds. The fourth-order valence-corrected chi connectivity index (χ4v) is 7.12. The van der Waals surface area contributed by atoms with Gasteiger partial charge in [0, 0.05) is 45.1 Å². The molecule has 6 rings (SSSR count). The number of aromatic nitrogens is 5. The van der Waals surface area contributed by atoms with E-state index in [4.69, 9.17) is 4.63 Å². The van der Waals surface area contributed by atoms with Crippen LogP contribution >= 0.6 is 0 Å². The summed E-state index contributed by atoms with van der Waals surface area (Å²) in [5.41, 5.74) is 0.650. The zero-order valence-electron chi connectivity index (χ0n) is 20.2. The van der Waals surface area contributed by atoms with Gasteiger partial charge < -0.3 is 9.47 Å². The monoisotopic (exact) mass is 513 g/mol. The van der Waals surface area contributed by atoms with Gasteiger partial charge in [-0.1, -0.05) is 6.07 Å². The Hall–Kier alpha value is -2.86. The smallest absolute Gasteiger partial charge is 0.245 e. The molecule has 2 aromatic heterocycles. The summed E-state index contributed by atoms with van der Waals surface area (Å²) in [6.07, 6.45) is 8.34. The van der Waals surface area contributed by atoms with E-state index in [9.17, 15) is 13.2 Å². The van der Waals surface area contributed by atoms with Crippen LogP contribution in [0.4, 0.5) is 0 Å². The lowest BCUT2D eigenvalue weighted by Gasteiger charge is -2.37. The van der Waals surface area contributed by atoms with Crippen LogP contribution in [0.2, 0.25) is 0 Å². The first-order chi connectivity index (χ1) is 17.5. The van der Waals surface area contributed by atoms with Crippen LogP contribution in [0.25, 0.3) is 11.0 Å². The molecule has 2 saturated heterocycles. The Morgan fingerprint density at radius 3 is 2.50 bits per heavy atom. The first-order valence-electron chi connectivity index (χ1n) is 12.9. The van der Waals surface area contributed by atoms with Gasteiger partial charge in [0.2, 0.25) is 15.9 Å². The molecule has 1 aliphatic carbocycles. The van der Waals surface area contributed by atoms with E-state index in [1.807, 2.05) is 11.2 Å². The number of benzene rings is 1. The first kappa shape index (κ1) is 23.5. The van der Waals surface area contributed by atoms with E-state index in [1.165, 1.54) is 23.2 Å². The van der Waals surface area contributed by atoms with Gasteiger partial charge in [0.15, 0.2) is 5.52 Å². The molecule has 3 aliphatic rings. The number of nitrogens with zero attached hydrogens (tertiary/aromatic N) is 7. The van der Waals surface area contributed by atoms with Gasteiger partial charge in [0.1, 0.15) is 22.6 Å². The minimum absolute atomic E-state index is 0.0982. The van der Waals surface area contributed by atoms with Crippen molar-refractivity contribution in [3.05, 3.63) is 30.4 Å². The molecule has 0 bridgehead atoms. The maximum Gasteiger partial charge on any atom is 0.245 e. The predicted octanol–water partition coefficient (Wildman–Crippen LogP) is 2.11. The average molecular weight is 514 g/mol. The molecule has 4 heterocycles. The minimum atomic E-state index is -3.74. The molecule has 1 aromatic carbocycles. The Bertz CT molecular complexity index is 1330. The largest absolute Gasteiger partial charge is 0.342 e. The van der Waals surface area contributed by atoms with Crippen LogP contribution in [0.5, 0.6) is 0 Å². The van der Waals surface area contributed by atoms with Gasteiger partial charge in [-0.05, 0) is 72.8 Å². The van der Waals surface area contributed by atoms with E-state index < -0.39 is 10.0 Å². The van der Waals surface area contributed by atoms with E-state index in [1.54, 1.807) is 12.1 Å². The second-order valence-electron chi connectivity index (χ2n) is 10.4. The number of sulfonamides is 1. The SMILES string of the molecule is O=C(C1CCN(S(=O)(=O)c2cccc3nonc23)CC1)N1CCC(Cc2nncn2CC2CC2)CC1. The van der Waals surface area contributed by atoms with Gasteiger partial charge in [-0.3, -0.25) is 4.79 Å². The molecule has 0 spiro atoms. The van der Waals surface area contributed by atoms with Crippen molar-refractivity contribution in [2.24, 2.45) is 17.8 Å². The summed E-state index contributed by atoms with van der Waals surface area (Å²) >= 11 is 0. The Morgan fingerprint density at radius 1 is 0.972 bits per heavy atom. The predicted molar refractivity (Wildman–Crippen MR) is 129 cm³/mol.